The Morgan fingerprint density at radius 1 is 1.12 bits per heavy atom. The average Bonchev–Trinajstić information content (AvgIpc) is 2.72. The molecular formula is C16H15N3O5. The standard InChI is InChI=1S/C16H15N3O5/c20-12-4-2-10(14(21)18-12)19-15(22)8-1-3-11-9(13(8)16(19)23)7-17-5-6-24-11/h1,3,10,17H,2,4-7H2,(H,18,20,21). The molecule has 1 aromatic rings. The van der Waals surface area contributed by atoms with E-state index in [-0.39, 0.29) is 29.9 Å². The fourth-order valence-electron chi connectivity index (χ4n) is 3.36. The molecule has 2 N–H and O–H groups in total. The van der Waals surface area contributed by atoms with Crippen LogP contribution >= 0.6 is 0 Å². The lowest BCUT2D eigenvalue weighted by Gasteiger charge is -2.27. The lowest BCUT2D eigenvalue weighted by molar-refractivity contribution is -0.136. The van der Waals surface area contributed by atoms with Gasteiger partial charge in [0.15, 0.2) is 0 Å². The van der Waals surface area contributed by atoms with E-state index >= 15 is 0 Å². The summed E-state index contributed by atoms with van der Waals surface area (Å²) in [6.07, 6.45) is 0.250. The summed E-state index contributed by atoms with van der Waals surface area (Å²) in [7, 11) is 0. The Labute approximate surface area is 137 Å². The smallest absolute Gasteiger partial charge is 0.262 e. The van der Waals surface area contributed by atoms with Gasteiger partial charge in [-0.3, -0.25) is 29.4 Å². The maximum Gasteiger partial charge on any atom is 0.262 e. The molecule has 8 nitrogen and oxygen atoms in total. The number of carbonyl (C=O) groups is 4. The predicted molar refractivity (Wildman–Crippen MR) is 80.3 cm³/mol. The summed E-state index contributed by atoms with van der Waals surface area (Å²) in [6, 6.07) is 2.29. The van der Waals surface area contributed by atoms with Gasteiger partial charge in [0.05, 0.1) is 11.1 Å². The molecule has 8 heteroatoms. The van der Waals surface area contributed by atoms with E-state index in [1.54, 1.807) is 12.1 Å². The molecule has 124 valence electrons. The van der Waals surface area contributed by atoms with E-state index in [1.165, 1.54) is 0 Å². The van der Waals surface area contributed by atoms with Gasteiger partial charge in [-0.2, -0.15) is 0 Å². The molecular weight excluding hydrogens is 314 g/mol. The topological polar surface area (TPSA) is 105 Å². The monoisotopic (exact) mass is 329 g/mol. The van der Waals surface area contributed by atoms with Gasteiger partial charge in [-0.1, -0.05) is 0 Å². The zero-order valence-electron chi connectivity index (χ0n) is 12.8. The molecule has 1 atom stereocenters. The Balaban J connectivity index is 1.75. The quantitative estimate of drug-likeness (QED) is 0.678. The van der Waals surface area contributed by atoms with Crippen LogP contribution in [0.25, 0.3) is 0 Å². The molecule has 0 aliphatic carbocycles. The van der Waals surface area contributed by atoms with Gasteiger partial charge in [0.1, 0.15) is 18.4 Å². The van der Waals surface area contributed by atoms with Gasteiger partial charge < -0.3 is 10.1 Å². The van der Waals surface area contributed by atoms with Crippen molar-refractivity contribution in [3.63, 3.8) is 0 Å². The third kappa shape index (κ3) is 2.10. The van der Waals surface area contributed by atoms with Crippen molar-refractivity contribution >= 4 is 23.6 Å². The highest BCUT2D eigenvalue weighted by molar-refractivity contribution is 6.24. The van der Waals surface area contributed by atoms with Crippen LogP contribution in [0.3, 0.4) is 0 Å². The molecule has 0 spiro atoms. The van der Waals surface area contributed by atoms with Crippen LogP contribution in [0.2, 0.25) is 0 Å². The van der Waals surface area contributed by atoms with Crippen molar-refractivity contribution in [2.24, 2.45) is 0 Å². The largest absolute Gasteiger partial charge is 0.492 e. The number of nitrogens with zero attached hydrogens (tertiary/aromatic N) is 1. The maximum absolute atomic E-state index is 12.9. The number of imide groups is 2. The van der Waals surface area contributed by atoms with Gasteiger partial charge in [-0.15, -0.1) is 0 Å². The molecule has 0 aromatic heterocycles. The molecule has 3 heterocycles. The Morgan fingerprint density at radius 2 is 1.96 bits per heavy atom. The van der Waals surface area contributed by atoms with E-state index in [9.17, 15) is 19.2 Å². The number of carbonyl (C=O) groups excluding carboxylic acids is 4. The van der Waals surface area contributed by atoms with Crippen LogP contribution in [0, 0.1) is 0 Å². The molecule has 0 radical (unpaired) electrons. The van der Waals surface area contributed by atoms with Crippen molar-refractivity contribution in [2.75, 3.05) is 13.2 Å². The van der Waals surface area contributed by atoms with Crippen LogP contribution in [0.4, 0.5) is 0 Å². The summed E-state index contributed by atoms with van der Waals surface area (Å²) in [4.78, 5) is 49.9. The van der Waals surface area contributed by atoms with Crippen LogP contribution in [0.1, 0.15) is 39.1 Å². The Hall–Kier alpha value is -2.74. The van der Waals surface area contributed by atoms with Gasteiger partial charge in [0.25, 0.3) is 11.8 Å². The molecule has 1 saturated heterocycles. The second-order valence-electron chi connectivity index (χ2n) is 5.94. The second kappa shape index (κ2) is 5.41. The summed E-state index contributed by atoms with van der Waals surface area (Å²) < 4.78 is 5.60. The number of benzene rings is 1. The number of hydrogen-bond donors (Lipinski definition) is 2. The summed E-state index contributed by atoms with van der Waals surface area (Å²) in [6.45, 7) is 1.54. The van der Waals surface area contributed by atoms with Crippen molar-refractivity contribution in [1.82, 2.24) is 15.5 Å². The number of ether oxygens (including phenoxy) is 1. The van der Waals surface area contributed by atoms with Crippen LogP contribution in [-0.4, -0.2) is 47.7 Å². The summed E-state index contributed by atoms with van der Waals surface area (Å²) in [5.41, 5.74) is 1.20. The minimum Gasteiger partial charge on any atom is -0.492 e. The fourth-order valence-corrected chi connectivity index (χ4v) is 3.36. The van der Waals surface area contributed by atoms with Gasteiger partial charge in [0, 0.05) is 25.1 Å². The summed E-state index contributed by atoms with van der Waals surface area (Å²) >= 11 is 0. The van der Waals surface area contributed by atoms with E-state index in [1.807, 2.05) is 0 Å². The molecule has 3 aliphatic rings. The van der Waals surface area contributed by atoms with Crippen LogP contribution in [-0.2, 0) is 16.1 Å². The summed E-state index contributed by atoms with van der Waals surface area (Å²) in [5.74, 6) is -1.43. The molecule has 24 heavy (non-hydrogen) atoms. The van der Waals surface area contributed by atoms with Gasteiger partial charge >= 0.3 is 0 Å². The normalized spacial score (nSPS) is 23.3. The lowest BCUT2D eigenvalue weighted by Crippen LogP contribution is -2.54. The average molecular weight is 329 g/mol. The molecule has 4 amide bonds. The molecule has 1 unspecified atom stereocenters. The first kappa shape index (κ1) is 14.8. The van der Waals surface area contributed by atoms with Gasteiger partial charge in [-0.05, 0) is 18.6 Å². The molecule has 3 aliphatic heterocycles. The molecule has 1 fully saturated rings. The molecule has 1 aromatic carbocycles. The van der Waals surface area contributed by atoms with E-state index in [4.69, 9.17) is 4.74 Å². The Bertz CT molecular complexity index is 788. The zero-order valence-corrected chi connectivity index (χ0v) is 12.8. The highest BCUT2D eigenvalue weighted by Crippen LogP contribution is 2.34. The van der Waals surface area contributed by atoms with E-state index in [0.29, 0.717) is 31.0 Å². The minimum atomic E-state index is -0.953. The number of piperidine rings is 1. The first-order valence-electron chi connectivity index (χ1n) is 7.79. The highest BCUT2D eigenvalue weighted by Gasteiger charge is 2.46. The molecule has 4 rings (SSSR count). The highest BCUT2D eigenvalue weighted by atomic mass is 16.5. The lowest BCUT2D eigenvalue weighted by atomic mass is 10.0. The van der Waals surface area contributed by atoms with E-state index in [0.717, 1.165) is 4.90 Å². The Kier molecular flexibility index (Phi) is 3.34. The van der Waals surface area contributed by atoms with Crippen molar-refractivity contribution in [2.45, 2.75) is 25.4 Å². The van der Waals surface area contributed by atoms with Crippen molar-refractivity contribution in [1.29, 1.82) is 0 Å². The van der Waals surface area contributed by atoms with Crippen LogP contribution in [0.5, 0.6) is 5.75 Å². The van der Waals surface area contributed by atoms with Gasteiger partial charge in [-0.25, -0.2) is 0 Å². The predicted octanol–water partition coefficient (Wildman–Crippen LogP) is -0.430. The van der Waals surface area contributed by atoms with Crippen molar-refractivity contribution in [3.8, 4) is 5.75 Å². The molecule has 0 bridgehead atoms. The SMILES string of the molecule is O=C1CCC(N2C(=O)c3ccc4c(c3C2=O)CNCCO4)C(=O)N1. The van der Waals surface area contributed by atoms with Crippen LogP contribution in [0.15, 0.2) is 12.1 Å². The van der Waals surface area contributed by atoms with Crippen molar-refractivity contribution < 1.29 is 23.9 Å². The number of rotatable bonds is 1. The summed E-state index contributed by atoms with van der Waals surface area (Å²) in [5, 5.41) is 5.33. The molecule has 0 saturated carbocycles. The maximum atomic E-state index is 12.9. The third-order valence-electron chi connectivity index (χ3n) is 4.51. The van der Waals surface area contributed by atoms with E-state index in [2.05, 4.69) is 10.6 Å². The number of nitrogens with one attached hydrogen (secondary N) is 2. The fraction of sp³-hybridized carbons (Fsp3) is 0.375. The van der Waals surface area contributed by atoms with Gasteiger partial charge in [0.2, 0.25) is 11.8 Å². The first-order chi connectivity index (χ1) is 11.6. The van der Waals surface area contributed by atoms with E-state index < -0.39 is 23.8 Å². The third-order valence-corrected chi connectivity index (χ3v) is 4.51. The number of amides is 4. The number of fused-ring (bicyclic) bond motifs is 3. The van der Waals surface area contributed by atoms with Crippen LogP contribution < -0.4 is 15.4 Å². The zero-order chi connectivity index (χ0) is 16.8. The second-order valence-corrected chi connectivity index (χ2v) is 5.94. The number of hydrogen-bond acceptors (Lipinski definition) is 6. The van der Waals surface area contributed by atoms with Crippen molar-refractivity contribution in [3.05, 3.63) is 28.8 Å². The minimum absolute atomic E-state index is 0.104. The first-order valence-corrected chi connectivity index (χ1v) is 7.79. The Morgan fingerprint density at radius 3 is 2.75 bits per heavy atom.